The number of nitrogens with one attached hydrogen (secondary N) is 2. The molecule has 1 aromatic heterocycles. The molecule has 0 radical (unpaired) electrons. The first-order valence-corrected chi connectivity index (χ1v) is 11.0. The van der Waals surface area contributed by atoms with Crippen LogP contribution in [0.5, 0.6) is 0 Å². The molecule has 0 saturated heterocycles. The zero-order valence-electron chi connectivity index (χ0n) is 18.6. The summed E-state index contributed by atoms with van der Waals surface area (Å²) < 4.78 is 13.8. The van der Waals surface area contributed by atoms with Gasteiger partial charge in [0.25, 0.3) is 11.8 Å². The highest BCUT2D eigenvalue weighted by Crippen LogP contribution is 2.24. The van der Waals surface area contributed by atoms with Gasteiger partial charge in [-0.3, -0.25) is 9.59 Å². The van der Waals surface area contributed by atoms with Gasteiger partial charge < -0.3 is 20.3 Å². The van der Waals surface area contributed by atoms with Crippen LogP contribution in [0, 0.1) is 12.7 Å². The summed E-state index contributed by atoms with van der Waals surface area (Å²) in [6.07, 6.45) is 0.687. The number of hydrogen-bond donors (Lipinski definition) is 3. The van der Waals surface area contributed by atoms with Crippen LogP contribution in [0.25, 0.3) is 11.0 Å². The molecule has 0 atom stereocenters. The first kappa shape index (κ1) is 21.8. The Morgan fingerprint density at radius 1 is 1.12 bits per heavy atom. The second kappa shape index (κ2) is 8.72. The van der Waals surface area contributed by atoms with Gasteiger partial charge in [-0.05, 0) is 66.9 Å². The molecule has 1 aliphatic rings. The van der Waals surface area contributed by atoms with E-state index in [1.807, 2.05) is 6.07 Å². The molecule has 0 saturated carbocycles. The predicted molar refractivity (Wildman–Crippen MR) is 126 cm³/mol. The van der Waals surface area contributed by atoms with Gasteiger partial charge in [-0.2, -0.15) is 0 Å². The Hall–Kier alpha value is -4.04. The fourth-order valence-corrected chi connectivity index (χ4v) is 4.26. The number of carbonyl (C=O) groups excluding carboxylic acids is 2. The molecule has 7 nitrogen and oxygen atoms in total. The molecule has 0 aliphatic carbocycles. The number of amides is 2. The van der Waals surface area contributed by atoms with Crippen LogP contribution in [0.3, 0.4) is 0 Å². The Bertz CT molecular complexity index is 1430. The summed E-state index contributed by atoms with van der Waals surface area (Å²) >= 11 is 0. The Balaban J connectivity index is 1.35. The molecule has 2 amide bonds. The molecule has 1 aliphatic heterocycles. The van der Waals surface area contributed by atoms with Gasteiger partial charge in [0.05, 0.1) is 11.0 Å². The third kappa shape index (κ3) is 4.04. The van der Waals surface area contributed by atoms with E-state index in [9.17, 15) is 19.1 Å². The first-order chi connectivity index (χ1) is 16.4. The molecular formula is C26H23FN4O3. The molecule has 5 rings (SSSR count). The Kier molecular flexibility index (Phi) is 5.59. The highest BCUT2D eigenvalue weighted by Gasteiger charge is 2.23. The van der Waals surface area contributed by atoms with Crippen molar-refractivity contribution in [1.29, 1.82) is 0 Å². The van der Waals surface area contributed by atoms with Crippen LogP contribution in [0.4, 0.5) is 10.1 Å². The quantitative estimate of drug-likeness (QED) is 0.431. The van der Waals surface area contributed by atoms with Gasteiger partial charge >= 0.3 is 0 Å². The summed E-state index contributed by atoms with van der Waals surface area (Å²) in [6, 6.07) is 15.3. The van der Waals surface area contributed by atoms with Gasteiger partial charge in [0.1, 0.15) is 18.2 Å². The summed E-state index contributed by atoms with van der Waals surface area (Å²) in [5, 5.41) is 12.0. The van der Waals surface area contributed by atoms with Crippen LogP contribution in [0.15, 0.2) is 54.6 Å². The number of anilines is 1. The van der Waals surface area contributed by atoms with Gasteiger partial charge in [0.2, 0.25) is 0 Å². The molecule has 0 fully saturated rings. The van der Waals surface area contributed by atoms with E-state index in [0.29, 0.717) is 58.7 Å². The molecule has 172 valence electrons. The van der Waals surface area contributed by atoms with Crippen molar-refractivity contribution in [3.63, 3.8) is 0 Å². The van der Waals surface area contributed by atoms with Crippen molar-refractivity contribution in [3.8, 4) is 0 Å². The smallest absolute Gasteiger partial charge is 0.255 e. The van der Waals surface area contributed by atoms with Crippen LogP contribution in [0.2, 0.25) is 0 Å². The molecule has 4 aromatic rings. The van der Waals surface area contributed by atoms with Gasteiger partial charge in [-0.1, -0.05) is 12.1 Å². The van der Waals surface area contributed by atoms with Crippen LogP contribution >= 0.6 is 0 Å². The minimum atomic E-state index is -0.377. The average Bonchev–Trinajstić information content (AvgIpc) is 3.28. The largest absolute Gasteiger partial charge is 0.388 e. The van der Waals surface area contributed by atoms with Crippen LogP contribution in [-0.2, 0) is 19.6 Å². The standard InChI is InChI=1S/C26H23FN4O3/c1-15-20(27)3-2-4-21(15)30-25(33)17-6-5-16-9-10-31(13-19(16)11-17)26(34)18-7-8-22-23(12-18)29-24(14-32)28-22/h2-8,11-12,32H,9-10,13-14H2,1H3,(H,28,29)(H,30,33). The van der Waals surface area contributed by atoms with E-state index < -0.39 is 0 Å². The molecule has 0 spiro atoms. The van der Waals surface area contributed by atoms with E-state index in [1.54, 1.807) is 54.3 Å². The van der Waals surface area contributed by atoms with Crippen LogP contribution < -0.4 is 5.32 Å². The fourth-order valence-electron chi connectivity index (χ4n) is 4.26. The van der Waals surface area contributed by atoms with Gasteiger partial charge in [0.15, 0.2) is 0 Å². The summed E-state index contributed by atoms with van der Waals surface area (Å²) in [6.45, 7) is 2.38. The summed E-state index contributed by atoms with van der Waals surface area (Å²) in [7, 11) is 0. The fraction of sp³-hybridized carbons (Fsp3) is 0.192. The molecular weight excluding hydrogens is 435 g/mol. The van der Waals surface area contributed by atoms with E-state index in [-0.39, 0.29) is 24.2 Å². The number of fused-ring (bicyclic) bond motifs is 2. The number of aromatic nitrogens is 2. The lowest BCUT2D eigenvalue weighted by atomic mass is 9.96. The zero-order valence-corrected chi connectivity index (χ0v) is 18.6. The maximum atomic E-state index is 13.8. The van der Waals surface area contributed by atoms with Crippen molar-refractivity contribution in [2.45, 2.75) is 26.5 Å². The van der Waals surface area contributed by atoms with Crippen molar-refractivity contribution >= 4 is 28.5 Å². The number of carbonyl (C=O) groups is 2. The number of hydrogen-bond acceptors (Lipinski definition) is 4. The van der Waals surface area contributed by atoms with Crippen LogP contribution in [0.1, 0.15) is 43.2 Å². The molecule has 0 bridgehead atoms. The number of benzene rings is 3. The van der Waals surface area contributed by atoms with Crippen molar-refractivity contribution in [2.24, 2.45) is 0 Å². The van der Waals surface area contributed by atoms with Crippen molar-refractivity contribution < 1.29 is 19.1 Å². The third-order valence-corrected chi connectivity index (χ3v) is 6.21. The van der Waals surface area contributed by atoms with Crippen molar-refractivity contribution in [2.75, 3.05) is 11.9 Å². The summed E-state index contributed by atoms with van der Waals surface area (Å²) in [5.41, 5.74) is 5.18. The number of aromatic amines is 1. The van der Waals surface area contributed by atoms with Crippen LogP contribution in [-0.4, -0.2) is 38.3 Å². The number of halogens is 1. The number of rotatable bonds is 4. The van der Waals surface area contributed by atoms with E-state index in [0.717, 1.165) is 11.1 Å². The highest BCUT2D eigenvalue weighted by atomic mass is 19.1. The lowest BCUT2D eigenvalue weighted by Gasteiger charge is -2.29. The first-order valence-electron chi connectivity index (χ1n) is 11.0. The number of aliphatic hydroxyl groups is 1. The molecule has 0 unspecified atom stereocenters. The number of H-pyrrole nitrogens is 1. The third-order valence-electron chi connectivity index (χ3n) is 6.21. The molecule has 34 heavy (non-hydrogen) atoms. The maximum absolute atomic E-state index is 13.8. The predicted octanol–water partition coefficient (Wildman–Crippen LogP) is 3.95. The highest BCUT2D eigenvalue weighted by molar-refractivity contribution is 6.05. The average molecular weight is 458 g/mol. The minimum absolute atomic E-state index is 0.113. The topological polar surface area (TPSA) is 98.3 Å². The van der Waals surface area contributed by atoms with E-state index in [1.165, 1.54) is 6.07 Å². The maximum Gasteiger partial charge on any atom is 0.255 e. The lowest BCUT2D eigenvalue weighted by molar-refractivity contribution is 0.0735. The van der Waals surface area contributed by atoms with Gasteiger partial charge in [-0.25, -0.2) is 9.37 Å². The molecule has 3 N–H and O–H groups in total. The normalized spacial score (nSPS) is 13.1. The number of imidazole rings is 1. The Morgan fingerprint density at radius 2 is 1.94 bits per heavy atom. The minimum Gasteiger partial charge on any atom is -0.388 e. The Morgan fingerprint density at radius 3 is 2.76 bits per heavy atom. The van der Waals surface area contributed by atoms with E-state index >= 15 is 0 Å². The molecule has 3 aromatic carbocycles. The lowest BCUT2D eigenvalue weighted by Crippen LogP contribution is -2.36. The Labute approximate surface area is 195 Å². The van der Waals surface area contributed by atoms with Gasteiger partial charge in [0, 0.05) is 35.5 Å². The van der Waals surface area contributed by atoms with Gasteiger partial charge in [-0.15, -0.1) is 0 Å². The second-order valence-electron chi connectivity index (χ2n) is 8.40. The SMILES string of the molecule is Cc1c(F)cccc1NC(=O)c1ccc2c(c1)CN(C(=O)c1ccc3nc(CO)[nH]c3c1)CC2. The molecule has 8 heteroatoms. The van der Waals surface area contributed by atoms with Crippen molar-refractivity contribution in [1.82, 2.24) is 14.9 Å². The van der Waals surface area contributed by atoms with E-state index in [4.69, 9.17) is 0 Å². The zero-order chi connectivity index (χ0) is 23.8. The van der Waals surface area contributed by atoms with E-state index in [2.05, 4.69) is 15.3 Å². The summed E-state index contributed by atoms with van der Waals surface area (Å²) in [5.74, 6) is -0.369. The monoisotopic (exact) mass is 458 g/mol. The number of aliphatic hydroxyl groups excluding tert-OH is 1. The molecule has 2 heterocycles. The summed E-state index contributed by atoms with van der Waals surface area (Å²) in [4.78, 5) is 35.0. The van der Waals surface area contributed by atoms with Crippen molar-refractivity contribution in [3.05, 3.63) is 94.1 Å². The number of nitrogens with zero attached hydrogens (tertiary/aromatic N) is 2. The second-order valence-corrected chi connectivity index (χ2v) is 8.40.